The quantitative estimate of drug-likeness (QED) is 0.883. The first-order valence-electron chi connectivity index (χ1n) is 6.05. The van der Waals surface area contributed by atoms with Crippen LogP contribution in [0.1, 0.15) is 37.0 Å². The molecule has 0 amide bonds. The third-order valence-electron chi connectivity index (χ3n) is 2.77. The minimum atomic E-state index is 0.335. The van der Waals surface area contributed by atoms with E-state index in [0.717, 1.165) is 22.8 Å². The smallest absolute Gasteiger partial charge is 0.157 e. The fraction of sp³-hybridized carbons (Fsp3) is 0.462. The average molecular weight is 249 g/mol. The molecule has 0 saturated heterocycles. The van der Waals surface area contributed by atoms with Gasteiger partial charge in [0, 0.05) is 11.6 Å². The van der Waals surface area contributed by atoms with E-state index >= 15 is 0 Å². The molecule has 18 heavy (non-hydrogen) atoms. The van der Waals surface area contributed by atoms with Gasteiger partial charge >= 0.3 is 0 Å². The maximum atomic E-state index is 5.68. The summed E-state index contributed by atoms with van der Waals surface area (Å²) in [6, 6.07) is 2.27. The Morgan fingerprint density at radius 1 is 1.50 bits per heavy atom. The molecule has 2 aromatic rings. The van der Waals surface area contributed by atoms with Gasteiger partial charge in [0.2, 0.25) is 0 Å². The molecule has 2 rings (SSSR count). The lowest BCUT2D eigenvalue weighted by Crippen LogP contribution is -2.00. The number of ether oxygens (including phenoxy) is 1. The largest absolute Gasteiger partial charge is 0.485 e. The third-order valence-corrected chi connectivity index (χ3v) is 2.77. The van der Waals surface area contributed by atoms with Crippen LogP contribution in [0.4, 0.5) is 0 Å². The van der Waals surface area contributed by atoms with E-state index in [4.69, 9.17) is 14.9 Å². The van der Waals surface area contributed by atoms with Gasteiger partial charge in [-0.25, -0.2) is 0 Å². The van der Waals surface area contributed by atoms with E-state index in [1.54, 1.807) is 6.20 Å². The first-order chi connectivity index (χ1) is 8.60. The van der Waals surface area contributed by atoms with Gasteiger partial charge in [0.15, 0.2) is 5.75 Å². The third kappa shape index (κ3) is 2.73. The summed E-state index contributed by atoms with van der Waals surface area (Å²) >= 11 is 0. The summed E-state index contributed by atoms with van der Waals surface area (Å²) in [5, 5.41) is 4.22. The van der Waals surface area contributed by atoms with Crippen LogP contribution < -0.4 is 10.5 Å². The van der Waals surface area contributed by atoms with E-state index in [-0.39, 0.29) is 0 Å². The lowest BCUT2D eigenvalue weighted by Gasteiger charge is -2.04. The van der Waals surface area contributed by atoms with Gasteiger partial charge in [-0.3, -0.25) is 4.68 Å². The van der Waals surface area contributed by atoms with Gasteiger partial charge in [0.25, 0.3) is 0 Å². The van der Waals surface area contributed by atoms with Crippen molar-refractivity contribution in [3.05, 3.63) is 35.5 Å². The standard InChI is InChI=1S/C13H19N3O2/c1-9(2)16-7-13(6-15-16)17-8-11-4-12(5-14)18-10(11)3/h4,6-7,9H,5,8,14H2,1-3H3. The molecule has 98 valence electrons. The van der Waals surface area contributed by atoms with E-state index in [1.807, 2.05) is 23.9 Å². The zero-order chi connectivity index (χ0) is 13.1. The molecule has 5 heteroatoms. The fourth-order valence-electron chi connectivity index (χ4n) is 1.67. The number of nitrogens with zero attached hydrogens (tertiary/aromatic N) is 2. The highest BCUT2D eigenvalue weighted by Gasteiger charge is 2.08. The van der Waals surface area contributed by atoms with Crippen molar-refractivity contribution in [3.63, 3.8) is 0 Å². The minimum Gasteiger partial charge on any atom is -0.485 e. The zero-order valence-electron chi connectivity index (χ0n) is 11.0. The number of hydrogen-bond donors (Lipinski definition) is 1. The van der Waals surface area contributed by atoms with E-state index in [0.29, 0.717) is 19.2 Å². The topological polar surface area (TPSA) is 66.2 Å². The maximum Gasteiger partial charge on any atom is 0.157 e. The van der Waals surface area contributed by atoms with Gasteiger partial charge in [-0.1, -0.05) is 0 Å². The Bertz CT molecular complexity index is 514. The minimum absolute atomic E-state index is 0.335. The Labute approximate surface area is 107 Å². The molecule has 0 bridgehead atoms. The van der Waals surface area contributed by atoms with Crippen LogP contribution in [-0.2, 0) is 13.2 Å². The molecule has 2 aromatic heterocycles. The summed E-state index contributed by atoms with van der Waals surface area (Å²) in [6.07, 6.45) is 3.61. The first-order valence-corrected chi connectivity index (χ1v) is 6.05. The first kappa shape index (κ1) is 12.7. The molecule has 0 aromatic carbocycles. The van der Waals surface area contributed by atoms with Crippen LogP contribution in [0.2, 0.25) is 0 Å². The van der Waals surface area contributed by atoms with Crippen LogP contribution in [0.3, 0.4) is 0 Å². The molecule has 0 aliphatic carbocycles. The molecule has 0 aliphatic heterocycles. The van der Waals surface area contributed by atoms with Crippen molar-refractivity contribution in [1.82, 2.24) is 9.78 Å². The second kappa shape index (κ2) is 5.27. The monoisotopic (exact) mass is 249 g/mol. The van der Waals surface area contributed by atoms with E-state index in [9.17, 15) is 0 Å². The van der Waals surface area contributed by atoms with Crippen LogP contribution in [0.25, 0.3) is 0 Å². The molecule has 0 fully saturated rings. The number of nitrogens with two attached hydrogens (primary N) is 1. The summed E-state index contributed by atoms with van der Waals surface area (Å²) in [7, 11) is 0. The number of furan rings is 1. The van der Waals surface area contributed by atoms with E-state index in [1.165, 1.54) is 0 Å². The predicted octanol–water partition coefficient (Wildman–Crippen LogP) is 2.40. The molecule has 0 spiro atoms. The molecule has 0 radical (unpaired) electrons. The number of aromatic nitrogens is 2. The number of aryl methyl sites for hydroxylation is 1. The van der Waals surface area contributed by atoms with E-state index in [2.05, 4.69) is 18.9 Å². The van der Waals surface area contributed by atoms with Gasteiger partial charge in [-0.15, -0.1) is 0 Å². The second-order valence-corrected chi connectivity index (χ2v) is 4.54. The summed E-state index contributed by atoms with van der Waals surface area (Å²) in [5.74, 6) is 2.40. The van der Waals surface area contributed by atoms with Gasteiger partial charge < -0.3 is 14.9 Å². The van der Waals surface area contributed by atoms with Crippen LogP contribution in [0, 0.1) is 6.92 Å². The van der Waals surface area contributed by atoms with Crippen molar-refractivity contribution in [2.75, 3.05) is 0 Å². The summed E-state index contributed by atoms with van der Waals surface area (Å²) in [5.41, 5.74) is 6.55. The van der Waals surface area contributed by atoms with Gasteiger partial charge in [0.1, 0.15) is 18.1 Å². The van der Waals surface area contributed by atoms with Crippen LogP contribution >= 0.6 is 0 Å². The van der Waals surface area contributed by atoms with Crippen molar-refractivity contribution in [2.45, 2.75) is 40.0 Å². The average Bonchev–Trinajstić information content (AvgIpc) is 2.93. The highest BCUT2D eigenvalue weighted by atomic mass is 16.5. The molecular weight excluding hydrogens is 230 g/mol. The van der Waals surface area contributed by atoms with E-state index < -0.39 is 0 Å². The van der Waals surface area contributed by atoms with Gasteiger partial charge in [-0.05, 0) is 26.8 Å². The van der Waals surface area contributed by atoms with Crippen molar-refractivity contribution in [3.8, 4) is 5.75 Å². The van der Waals surface area contributed by atoms with Crippen molar-refractivity contribution < 1.29 is 9.15 Å². The highest BCUT2D eigenvalue weighted by Crippen LogP contribution is 2.18. The molecular formula is C13H19N3O2. The Morgan fingerprint density at radius 2 is 2.28 bits per heavy atom. The molecule has 2 N–H and O–H groups in total. The molecule has 0 atom stereocenters. The maximum absolute atomic E-state index is 5.68. The predicted molar refractivity (Wildman–Crippen MR) is 68.3 cm³/mol. The fourth-order valence-corrected chi connectivity index (χ4v) is 1.67. The van der Waals surface area contributed by atoms with Crippen molar-refractivity contribution >= 4 is 0 Å². The Hall–Kier alpha value is -1.75. The summed E-state index contributed by atoms with van der Waals surface area (Å²) in [6.45, 7) is 6.94. The number of hydrogen-bond acceptors (Lipinski definition) is 4. The Balaban J connectivity index is 1.99. The summed E-state index contributed by atoms with van der Waals surface area (Å²) in [4.78, 5) is 0. The molecule has 0 unspecified atom stereocenters. The van der Waals surface area contributed by atoms with Crippen molar-refractivity contribution in [1.29, 1.82) is 0 Å². The normalized spacial score (nSPS) is 11.2. The van der Waals surface area contributed by atoms with Crippen LogP contribution in [0.5, 0.6) is 5.75 Å². The SMILES string of the molecule is Cc1oc(CN)cc1COc1cnn(C(C)C)c1. The highest BCUT2D eigenvalue weighted by molar-refractivity contribution is 5.21. The molecule has 0 saturated carbocycles. The van der Waals surface area contributed by atoms with Crippen LogP contribution in [-0.4, -0.2) is 9.78 Å². The molecule has 2 heterocycles. The van der Waals surface area contributed by atoms with Gasteiger partial charge in [-0.2, -0.15) is 5.10 Å². The lowest BCUT2D eigenvalue weighted by atomic mass is 10.2. The van der Waals surface area contributed by atoms with Crippen molar-refractivity contribution in [2.24, 2.45) is 5.73 Å². The zero-order valence-corrected chi connectivity index (χ0v) is 11.0. The number of rotatable bonds is 5. The Morgan fingerprint density at radius 3 is 2.83 bits per heavy atom. The lowest BCUT2D eigenvalue weighted by molar-refractivity contribution is 0.302. The second-order valence-electron chi connectivity index (χ2n) is 4.54. The molecule has 5 nitrogen and oxygen atoms in total. The Kier molecular flexibility index (Phi) is 3.72. The molecule has 0 aliphatic rings. The van der Waals surface area contributed by atoms with Gasteiger partial charge in [0.05, 0.1) is 18.9 Å². The summed E-state index contributed by atoms with van der Waals surface area (Å²) < 4.78 is 13.0. The van der Waals surface area contributed by atoms with Crippen LogP contribution in [0.15, 0.2) is 22.9 Å².